The van der Waals surface area contributed by atoms with Gasteiger partial charge in [0.05, 0.1) is 0 Å². The normalized spacial score (nSPS) is 20.9. The molecule has 1 heterocycles. The molecule has 3 atom stereocenters. The van der Waals surface area contributed by atoms with Crippen LogP contribution in [0, 0.1) is 0 Å². The Morgan fingerprint density at radius 1 is 1.08 bits per heavy atom. The Hall–Kier alpha value is -2.21. The first-order valence-corrected chi connectivity index (χ1v) is 9.17. The lowest BCUT2D eigenvalue weighted by molar-refractivity contribution is -0.123. The summed E-state index contributed by atoms with van der Waals surface area (Å²) in [5.74, 6) is 0.0517. The molecule has 0 aromatic heterocycles. The van der Waals surface area contributed by atoms with Gasteiger partial charge in [-0.25, -0.2) is 10.9 Å². The minimum Gasteiger partial charge on any atom is -0.353 e. The maximum Gasteiger partial charge on any atom is 0.238 e. The second-order valence-electron chi connectivity index (χ2n) is 7.09. The molecule has 1 saturated heterocycles. The lowest BCUT2D eigenvalue weighted by Crippen LogP contribution is -2.48. The van der Waals surface area contributed by atoms with Crippen LogP contribution in [0.25, 0.3) is 0 Å². The predicted molar refractivity (Wildman–Crippen MR) is 104 cm³/mol. The van der Waals surface area contributed by atoms with E-state index in [0.717, 1.165) is 12.8 Å². The van der Waals surface area contributed by atoms with Crippen molar-refractivity contribution >= 4 is 5.91 Å². The number of rotatable bonds is 7. The van der Waals surface area contributed by atoms with Gasteiger partial charge in [-0.1, -0.05) is 60.7 Å². The number of nitrogens with zero attached hydrogens (tertiary/aromatic N) is 1. The highest BCUT2D eigenvalue weighted by molar-refractivity contribution is 5.82. The molecular weight excluding hydrogens is 324 g/mol. The third-order valence-electron chi connectivity index (χ3n) is 4.98. The van der Waals surface area contributed by atoms with Crippen LogP contribution in [0.5, 0.6) is 0 Å². The largest absolute Gasteiger partial charge is 0.353 e. The fourth-order valence-electron chi connectivity index (χ4n) is 3.30. The zero-order valence-electron chi connectivity index (χ0n) is 15.5. The minimum absolute atomic E-state index is 0.0517. The fraction of sp³-hybridized carbons (Fsp3) is 0.381. The fourth-order valence-corrected chi connectivity index (χ4v) is 3.30. The highest BCUT2D eigenvalue weighted by atomic mass is 16.2. The monoisotopic (exact) mass is 352 g/mol. The van der Waals surface area contributed by atoms with E-state index in [4.69, 9.17) is 0 Å². The number of carbonyl (C=O) groups is 1. The van der Waals surface area contributed by atoms with E-state index < -0.39 is 0 Å². The molecule has 5 heteroatoms. The van der Waals surface area contributed by atoms with Crippen molar-refractivity contribution in [2.75, 3.05) is 20.6 Å². The number of hydrazine groups is 1. The van der Waals surface area contributed by atoms with Crippen LogP contribution in [0.3, 0.4) is 0 Å². The predicted octanol–water partition coefficient (Wildman–Crippen LogP) is 1.88. The Bertz CT molecular complexity index is 690. The number of amides is 1. The molecule has 0 aliphatic carbocycles. The summed E-state index contributed by atoms with van der Waals surface area (Å²) in [5, 5.41) is 3.12. The van der Waals surface area contributed by atoms with E-state index in [0.29, 0.717) is 6.54 Å². The number of nitrogens with one attached hydrogen (secondary N) is 3. The molecule has 26 heavy (non-hydrogen) atoms. The summed E-state index contributed by atoms with van der Waals surface area (Å²) in [6.07, 6.45) is 1.66. The van der Waals surface area contributed by atoms with Crippen molar-refractivity contribution in [3.8, 4) is 0 Å². The summed E-state index contributed by atoms with van der Waals surface area (Å²) in [5.41, 5.74) is 8.85. The molecule has 3 unspecified atom stereocenters. The second-order valence-corrected chi connectivity index (χ2v) is 7.09. The second kappa shape index (κ2) is 8.94. The van der Waals surface area contributed by atoms with Gasteiger partial charge in [0.25, 0.3) is 0 Å². The lowest BCUT2D eigenvalue weighted by Gasteiger charge is -2.25. The van der Waals surface area contributed by atoms with Gasteiger partial charge in [0.15, 0.2) is 0 Å². The molecule has 1 amide bonds. The average molecular weight is 352 g/mol. The van der Waals surface area contributed by atoms with E-state index >= 15 is 0 Å². The molecule has 3 N–H and O–H groups in total. The highest BCUT2D eigenvalue weighted by Crippen LogP contribution is 2.21. The van der Waals surface area contributed by atoms with Gasteiger partial charge >= 0.3 is 0 Å². The Morgan fingerprint density at radius 2 is 1.73 bits per heavy atom. The molecule has 5 nitrogen and oxygen atoms in total. The number of benzene rings is 2. The Labute approximate surface area is 155 Å². The molecule has 138 valence electrons. The summed E-state index contributed by atoms with van der Waals surface area (Å²) < 4.78 is 0. The number of likely N-dealkylation sites (N-methyl/N-ethyl adjacent to an activating group) is 1. The average Bonchev–Trinajstić information content (AvgIpc) is 3.16. The van der Waals surface area contributed by atoms with Gasteiger partial charge in [-0.3, -0.25) is 4.79 Å². The SMILES string of the molecule is CN(C)C(CNC(=O)C1CC(c2ccccc2)NN1)Cc1ccccc1. The first-order chi connectivity index (χ1) is 12.6. The molecule has 2 aromatic rings. The highest BCUT2D eigenvalue weighted by Gasteiger charge is 2.30. The quantitative estimate of drug-likeness (QED) is 0.712. The number of hydrogen-bond acceptors (Lipinski definition) is 4. The van der Waals surface area contributed by atoms with Crippen molar-refractivity contribution in [2.24, 2.45) is 0 Å². The van der Waals surface area contributed by atoms with Crippen molar-refractivity contribution in [1.29, 1.82) is 0 Å². The van der Waals surface area contributed by atoms with Crippen LogP contribution in [-0.2, 0) is 11.2 Å². The van der Waals surface area contributed by atoms with Gasteiger partial charge in [0, 0.05) is 18.6 Å². The molecule has 3 rings (SSSR count). The van der Waals surface area contributed by atoms with Crippen LogP contribution in [0.1, 0.15) is 23.6 Å². The van der Waals surface area contributed by atoms with Gasteiger partial charge in [-0.05, 0) is 38.1 Å². The van der Waals surface area contributed by atoms with Crippen LogP contribution in [0.4, 0.5) is 0 Å². The third kappa shape index (κ3) is 4.91. The molecule has 0 spiro atoms. The number of carbonyl (C=O) groups excluding carboxylic acids is 1. The molecule has 1 fully saturated rings. The molecule has 1 aliphatic heterocycles. The van der Waals surface area contributed by atoms with Crippen LogP contribution < -0.4 is 16.2 Å². The van der Waals surface area contributed by atoms with Crippen LogP contribution in [0.2, 0.25) is 0 Å². The summed E-state index contributed by atoms with van der Waals surface area (Å²) in [6.45, 7) is 0.634. The zero-order valence-corrected chi connectivity index (χ0v) is 15.5. The van der Waals surface area contributed by atoms with Crippen molar-refractivity contribution in [2.45, 2.75) is 31.0 Å². The molecule has 0 saturated carbocycles. The smallest absolute Gasteiger partial charge is 0.238 e. The maximum atomic E-state index is 12.6. The Kier molecular flexibility index (Phi) is 6.39. The summed E-state index contributed by atoms with van der Waals surface area (Å²) in [7, 11) is 4.11. The van der Waals surface area contributed by atoms with Crippen molar-refractivity contribution in [3.63, 3.8) is 0 Å². The Balaban J connectivity index is 1.51. The molecule has 1 aliphatic rings. The van der Waals surface area contributed by atoms with Crippen LogP contribution in [-0.4, -0.2) is 43.5 Å². The summed E-state index contributed by atoms with van der Waals surface area (Å²) in [6, 6.07) is 20.8. The van der Waals surface area contributed by atoms with Crippen molar-refractivity contribution in [1.82, 2.24) is 21.1 Å². The van der Waals surface area contributed by atoms with Gasteiger partial charge in [0.2, 0.25) is 5.91 Å². The maximum absolute atomic E-state index is 12.6. The van der Waals surface area contributed by atoms with E-state index in [1.807, 2.05) is 24.3 Å². The van der Waals surface area contributed by atoms with E-state index in [1.165, 1.54) is 11.1 Å². The van der Waals surface area contributed by atoms with Gasteiger partial charge < -0.3 is 10.2 Å². The van der Waals surface area contributed by atoms with E-state index in [1.54, 1.807) is 0 Å². The molecule has 0 radical (unpaired) electrons. The van der Waals surface area contributed by atoms with Crippen molar-refractivity contribution < 1.29 is 4.79 Å². The third-order valence-corrected chi connectivity index (χ3v) is 4.98. The van der Waals surface area contributed by atoms with Gasteiger partial charge in [0.1, 0.15) is 6.04 Å². The summed E-state index contributed by atoms with van der Waals surface area (Å²) in [4.78, 5) is 14.7. The molecule has 0 bridgehead atoms. The topological polar surface area (TPSA) is 56.4 Å². The Morgan fingerprint density at radius 3 is 2.38 bits per heavy atom. The lowest BCUT2D eigenvalue weighted by atomic mass is 10.0. The van der Waals surface area contributed by atoms with E-state index in [2.05, 4.69) is 71.6 Å². The van der Waals surface area contributed by atoms with E-state index in [9.17, 15) is 4.79 Å². The van der Waals surface area contributed by atoms with Gasteiger partial charge in [-0.15, -0.1) is 0 Å². The van der Waals surface area contributed by atoms with Gasteiger partial charge in [-0.2, -0.15) is 0 Å². The molecular formula is C21H28N4O. The molecule has 2 aromatic carbocycles. The minimum atomic E-state index is -0.209. The standard InChI is InChI=1S/C21H28N4O/c1-25(2)18(13-16-9-5-3-6-10-16)15-22-21(26)20-14-19(23-24-20)17-11-7-4-8-12-17/h3-12,18-20,23-24H,13-15H2,1-2H3,(H,22,26). The van der Waals surface area contributed by atoms with Crippen molar-refractivity contribution in [3.05, 3.63) is 71.8 Å². The first kappa shape index (κ1) is 18.6. The summed E-state index contributed by atoms with van der Waals surface area (Å²) >= 11 is 0. The van der Waals surface area contributed by atoms with Crippen LogP contribution >= 0.6 is 0 Å². The first-order valence-electron chi connectivity index (χ1n) is 9.17. The zero-order chi connectivity index (χ0) is 18.4. The van der Waals surface area contributed by atoms with E-state index in [-0.39, 0.29) is 24.0 Å². The van der Waals surface area contributed by atoms with Crippen LogP contribution in [0.15, 0.2) is 60.7 Å². The number of hydrogen-bond donors (Lipinski definition) is 3.